The Morgan fingerprint density at radius 3 is 2.16 bits per heavy atom. The van der Waals surface area contributed by atoms with E-state index in [1.165, 1.54) is 6.92 Å². The summed E-state index contributed by atoms with van der Waals surface area (Å²) in [5.41, 5.74) is 2.34. The van der Waals surface area contributed by atoms with Crippen LogP contribution in [0.1, 0.15) is 22.8 Å². The number of amides is 1. The highest BCUT2D eigenvalue weighted by molar-refractivity contribution is 6.27. The van der Waals surface area contributed by atoms with E-state index in [2.05, 4.69) is 5.32 Å². The zero-order valence-electron chi connectivity index (χ0n) is 17.0. The fourth-order valence-corrected chi connectivity index (χ4v) is 2.64. The van der Waals surface area contributed by atoms with Crippen LogP contribution in [0, 0.1) is 0 Å². The number of carbonyl (C=O) groups is 4. The van der Waals surface area contributed by atoms with Gasteiger partial charge in [0.2, 0.25) is 12.7 Å². The van der Waals surface area contributed by atoms with Gasteiger partial charge >= 0.3 is 11.9 Å². The van der Waals surface area contributed by atoms with Gasteiger partial charge in [-0.05, 0) is 55.9 Å². The van der Waals surface area contributed by atoms with Crippen LogP contribution in [-0.2, 0) is 20.9 Å². The van der Waals surface area contributed by atoms with Crippen molar-refractivity contribution in [2.24, 2.45) is 0 Å². The minimum atomic E-state index is -1.82. The fraction of sp³-hybridized carbons (Fsp3) is 0.238. The number of nitrogens with one attached hydrogen (secondary N) is 1. The van der Waals surface area contributed by atoms with Gasteiger partial charge in [0.15, 0.2) is 17.3 Å². The number of benzene rings is 2. The lowest BCUT2D eigenvalue weighted by Crippen LogP contribution is -2.29. The summed E-state index contributed by atoms with van der Waals surface area (Å²) in [7, 11) is 1.88. The van der Waals surface area contributed by atoms with Crippen LogP contribution in [0.2, 0.25) is 0 Å². The second kappa shape index (κ2) is 10.7. The molecule has 10 heteroatoms. The van der Waals surface area contributed by atoms with Crippen LogP contribution in [0.3, 0.4) is 0 Å². The third kappa shape index (κ3) is 7.44. The summed E-state index contributed by atoms with van der Waals surface area (Å²) in [4.78, 5) is 43.5. The Morgan fingerprint density at radius 1 is 0.968 bits per heavy atom. The van der Waals surface area contributed by atoms with Crippen molar-refractivity contribution in [1.29, 1.82) is 0 Å². The van der Waals surface area contributed by atoms with Gasteiger partial charge in [0.1, 0.15) is 0 Å². The van der Waals surface area contributed by atoms with Gasteiger partial charge in [-0.15, -0.1) is 0 Å². The molecule has 3 rings (SSSR count). The number of anilines is 1. The predicted molar refractivity (Wildman–Crippen MR) is 109 cm³/mol. The molecule has 0 radical (unpaired) electrons. The van der Waals surface area contributed by atoms with Crippen LogP contribution < -0.4 is 14.8 Å². The first-order valence-corrected chi connectivity index (χ1v) is 9.10. The third-order valence-electron chi connectivity index (χ3n) is 4.06. The number of carboxylic acid groups (broad SMARTS) is 2. The van der Waals surface area contributed by atoms with Crippen LogP contribution in [0.15, 0.2) is 42.5 Å². The van der Waals surface area contributed by atoms with Gasteiger partial charge in [-0.2, -0.15) is 0 Å². The fourth-order valence-electron chi connectivity index (χ4n) is 2.64. The van der Waals surface area contributed by atoms with Crippen LogP contribution in [0.25, 0.3) is 0 Å². The first kappa shape index (κ1) is 23.4. The number of hydrogen-bond acceptors (Lipinski definition) is 7. The number of Topliss-reactive ketones (excluding diaryl/α,β-unsaturated/α-hetero) is 1. The minimum Gasteiger partial charge on any atom is -0.473 e. The number of nitrogens with zero attached hydrogens (tertiary/aromatic N) is 1. The van der Waals surface area contributed by atoms with E-state index in [-0.39, 0.29) is 25.0 Å². The zero-order valence-corrected chi connectivity index (χ0v) is 17.0. The molecule has 10 nitrogen and oxygen atoms in total. The molecule has 0 fully saturated rings. The summed E-state index contributed by atoms with van der Waals surface area (Å²) in [5, 5.41) is 17.6. The van der Waals surface area contributed by atoms with Crippen molar-refractivity contribution in [3.05, 3.63) is 53.6 Å². The van der Waals surface area contributed by atoms with Gasteiger partial charge in [0.05, 0.1) is 6.54 Å². The van der Waals surface area contributed by atoms with Crippen LogP contribution in [-0.4, -0.2) is 59.1 Å². The number of rotatable bonds is 6. The van der Waals surface area contributed by atoms with Crippen molar-refractivity contribution in [1.82, 2.24) is 4.90 Å². The molecular formula is C21H22N2O8. The van der Waals surface area contributed by atoms with E-state index in [4.69, 9.17) is 29.3 Å². The Balaban J connectivity index is 0.000000501. The lowest BCUT2D eigenvalue weighted by atomic mass is 10.1. The summed E-state index contributed by atoms with van der Waals surface area (Å²) >= 11 is 0. The highest BCUT2D eigenvalue weighted by atomic mass is 16.7. The maximum atomic E-state index is 12.2. The van der Waals surface area contributed by atoms with E-state index < -0.39 is 11.9 Å². The van der Waals surface area contributed by atoms with Gasteiger partial charge in [0.25, 0.3) is 0 Å². The second-order valence-electron chi connectivity index (χ2n) is 6.65. The largest absolute Gasteiger partial charge is 0.473 e. The minimum absolute atomic E-state index is 0.00124. The Kier molecular flexibility index (Phi) is 8.09. The van der Waals surface area contributed by atoms with E-state index in [9.17, 15) is 9.59 Å². The molecule has 3 N–H and O–H groups in total. The standard InChI is InChI=1S/C19H20N2O4.C2H2O4/c1-13(22)15-4-6-16(7-5-15)20-19(23)11-21(2)10-14-3-8-17-18(9-14)25-12-24-17;3-1(4)2(5)6/h3-9H,10-12H2,1-2H3,(H,20,23);(H,3,4)(H,5,6). The Morgan fingerprint density at radius 2 is 1.58 bits per heavy atom. The molecule has 0 bridgehead atoms. The van der Waals surface area contributed by atoms with E-state index in [0.717, 1.165) is 17.1 Å². The van der Waals surface area contributed by atoms with Crippen molar-refractivity contribution in [3.8, 4) is 11.5 Å². The van der Waals surface area contributed by atoms with E-state index >= 15 is 0 Å². The molecule has 0 unspecified atom stereocenters. The summed E-state index contributed by atoms with van der Waals surface area (Å²) in [6.07, 6.45) is 0. The Labute approximate surface area is 178 Å². The molecule has 0 spiro atoms. The molecule has 0 saturated carbocycles. The molecule has 2 aromatic rings. The average molecular weight is 430 g/mol. The van der Waals surface area contributed by atoms with Crippen molar-refractivity contribution in [3.63, 3.8) is 0 Å². The normalized spacial score (nSPS) is 11.3. The van der Waals surface area contributed by atoms with Crippen molar-refractivity contribution >= 4 is 29.3 Å². The summed E-state index contributed by atoms with van der Waals surface area (Å²) in [5.74, 6) is -2.27. The number of aliphatic carboxylic acids is 2. The maximum absolute atomic E-state index is 12.2. The molecule has 1 amide bonds. The maximum Gasteiger partial charge on any atom is 0.414 e. The highest BCUT2D eigenvalue weighted by Crippen LogP contribution is 2.32. The third-order valence-corrected chi connectivity index (χ3v) is 4.06. The van der Waals surface area contributed by atoms with Crippen LogP contribution in [0.5, 0.6) is 11.5 Å². The number of ketones is 1. The first-order chi connectivity index (χ1) is 14.7. The monoisotopic (exact) mass is 430 g/mol. The van der Waals surface area contributed by atoms with E-state index in [1.54, 1.807) is 24.3 Å². The number of hydrogen-bond donors (Lipinski definition) is 3. The zero-order chi connectivity index (χ0) is 23.0. The van der Waals surface area contributed by atoms with E-state index in [1.807, 2.05) is 30.1 Å². The SMILES string of the molecule is CC(=O)c1ccc(NC(=O)CN(C)Cc2ccc3c(c2)OCO3)cc1.O=C(O)C(=O)O. The quantitative estimate of drug-likeness (QED) is 0.462. The average Bonchev–Trinajstić information content (AvgIpc) is 3.16. The molecule has 1 aliphatic rings. The van der Waals surface area contributed by atoms with Gasteiger partial charge in [-0.25, -0.2) is 9.59 Å². The summed E-state index contributed by atoms with van der Waals surface area (Å²) in [6.45, 7) is 2.63. The topological polar surface area (TPSA) is 142 Å². The molecule has 164 valence electrons. The molecule has 31 heavy (non-hydrogen) atoms. The lowest BCUT2D eigenvalue weighted by molar-refractivity contribution is -0.159. The number of ether oxygens (including phenoxy) is 2. The number of fused-ring (bicyclic) bond motifs is 1. The van der Waals surface area contributed by atoms with Crippen LogP contribution >= 0.6 is 0 Å². The molecule has 0 aliphatic carbocycles. The molecule has 2 aromatic carbocycles. The van der Waals surface area contributed by atoms with E-state index in [0.29, 0.717) is 17.8 Å². The van der Waals surface area contributed by atoms with Gasteiger partial charge in [-0.1, -0.05) is 6.07 Å². The molecule has 0 atom stereocenters. The van der Waals surface area contributed by atoms with Gasteiger partial charge in [-0.3, -0.25) is 14.5 Å². The van der Waals surface area contributed by atoms with Crippen LogP contribution in [0.4, 0.5) is 5.69 Å². The Bertz CT molecular complexity index is 960. The number of carboxylic acids is 2. The summed E-state index contributed by atoms with van der Waals surface area (Å²) < 4.78 is 10.7. The molecular weight excluding hydrogens is 408 g/mol. The Hall–Kier alpha value is -3.92. The summed E-state index contributed by atoms with van der Waals surface area (Å²) in [6, 6.07) is 12.6. The smallest absolute Gasteiger partial charge is 0.414 e. The van der Waals surface area contributed by atoms with Crippen molar-refractivity contribution in [2.45, 2.75) is 13.5 Å². The highest BCUT2D eigenvalue weighted by Gasteiger charge is 2.14. The molecule has 0 aromatic heterocycles. The van der Waals surface area contributed by atoms with Crippen molar-refractivity contribution < 1.29 is 38.9 Å². The second-order valence-corrected chi connectivity index (χ2v) is 6.65. The van der Waals surface area contributed by atoms with Crippen molar-refractivity contribution in [2.75, 3.05) is 25.7 Å². The molecule has 1 heterocycles. The number of carbonyl (C=O) groups excluding carboxylic acids is 2. The lowest BCUT2D eigenvalue weighted by Gasteiger charge is -2.16. The predicted octanol–water partition coefficient (Wildman–Crippen LogP) is 1.84. The molecule has 1 aliphatic heterocycles. The number of likely N-dealkylation sites (N-methyl/N-ethyl adjacent to an activating group) is 1. The first-order valence-electron chi connectivity index (χ1n) is 9.10. The van der Waals surface area contributed by atoms with Gasteiger partial charge in [0, 0.05) is 17.8 Å². The molecule has 0 saturated heterocycles. The van der Waals surface area contributed by atoms with Gasteiger partial charge < -0.3 is 25.0 Å².